The topological polar surface area (TPSA) is 73.3 Å². The number of ether oxygens (including phenoxy) is 2. The number of pyridine rings is 2. The molecule has 0 saturated heterocycles. The van der Waals surface area contributed by atoms with Crippen LogP contribution in [0, 0.1) is 0 Å². The molecule has 0 aliphatic rings. The Balaban J connectivity index is 2.25. The average Bonchev–Trinajstić information content (AvgIpc) is 2.58. The van der Waals surface area contributed by atoms with Crippen molar-refractivity contribution in [2.45, 2.75) is 18.1 Å². The Morgan fingerprint density at radius 3 is 2.60 bits per heavy atom. The van der Waals surface area contributed by atoms with Gasteiger partial charge in [0.25, 0.3) is 5.91 Å². The van der Waals surface area contributed by atoms with Crippen LogP contribution < -0.4 is 10.1 Å². The molecular weight excluding hydrogens is 385 g/mol. The van der Waals surface area contributed by atoms with Crippen LogP contribution >= 0.6 is 35.0 Å². The summed E-state index contributed by atoms with van der Waals surface area (Å²) in [5, 5.41) is 3.85. The third-order valence-corrected chi connectivity index (χ3v) is 4.36. The lowest BCUT2D eigenvalue weighted by Crippen LogP contribution is -2.19. The third kappa shape index (κ3) is 5.22. The lowest BCUT2D eigenvalue weighted by atomic mass is 10.2. The second kappa shape index (κ2) is 9.24. The fraction of sp³-hybridized carbons (Fsp3) is 0.312. The van der Waals surface area contributed by atoms with E-state index in [-0.39, 0.29) is 16.1 Å². The van der Waals surface area contributed by atoms with E-state index in [4.69, 9.17) is 32.7 Å². The SMILES string of the molecule is COCC(C)Oc1cc(C(=O)Nc2c(Cl)cncc2Cl)cnc1SC. The number of carbonyl (C=O) groups is 1. The number of amides is 1. The normalized spacial score (nSPS) is 11.9. The van der Waals surface area contributed by atoms with Crippen LogP contribution in [0.4, 0.5) is 5.69 Å². The molecule has 1 N–H and O–H groups in total. The second-order valence-corrected chi connectivity index (χ2v) is 6.66. The Kier molecular flexibility index (Phi) is 7.31. The molecule has 0 saturated carbocycles. The van der Waals surface area contributed by atoms with Gasteiger partial charge in [-0.25, -0.2) is 4.98 Å². The van der Waals surface area contributed by atoms with Gasteiger partial charge < -0.3 is 14.8 Å². The van der Waals surface area contributed by atoms with Crippen molar-refractivity contribution < 1.29 is 14.3 Å². The summed E-state index contributed by atoms with van der Waals surface area (Å²) in [6.45, 7) is 2.29. The number of halogens is 2. The van der Waals surface area contributed by atoms with Gasteiger partial charge in [0.15, 0.2) is 5.75 Å². The van der Waals surface area contributed by atoms with Crippen LogP contribution in [0.5, 0.6) is 5.75 Å². The fourth-order valence-electron chi connectivity index (χ4n) is 2.00. The predicted octanol–water partition coefficient (Wildman–Crippen LogP) is 4.17. The van der Waals surface area contributed by atoms with E-state index in [1.165, 1.54) is 30.4 Å². The molecule has 0 bridgehead atoms. The Bertz CT molecular complexity index is 741. The van der Waals surface area contributed by atoms with E-state index in [1.807, 2.05) is 13.2 Å². The summed E-state index contributed by atoms with van der Waals surface area (Å²) in [6.07, 6.45) is 5.97. The van der Waals surface area contributed by atoms with E-state index < -0.39 is 5.91 Å². The van der Waals surface area contributed by atoms with Gasteiger partial charge in [-0.2, -0.15) is 0 Å². The van der Waals surface area contributed by atoms with Gasteiger partial charge in [0.05, 0.1) is 27.9 Å². The highest BCUT2D eigenvalue weighted by Gasteiger charge is 2.16. The molecular formula is C16H17Cl2N3O3S. The summed E-state index contributed by atoms with van der Waals surface area (Å²) in [6, 6.07) is 1.63. The van der Waals surface area contributed by atoms with E-state index in [0.717, 1.165) is 0 Å². The van der Waals surface area contributed by atoms with Gasteiger partial charge in [-0.1, -0.05) is 23.2 Å². The van der Waals surface area contributed by atoms with Gasteiger partial charge in [-0.15, -0.1) is 11.8 Å². The number of carbonyl (C=O) groups excluding carboxylic acids is 1. The first-order valence-corrected chi connectivity index (χ1v) is 9.24. The number of methoxy groups -OCH3 is 1. The molecule has 2 heterocycles. The molecule has 0 spiro atoms. The van der Waals surface area contributed by atoms with Crippen molar-refractivity contribution in [1.29, 1.82) is 0 Å². The maximum atomic E-state index is 12.5. The highest BCUT2D eigenvalue weighted by atomic mass is 35.5. The summed E-state index contributed by atoms with van der Waals surface area (Å²) in [4.78, 5) is 20.6. The molecule has 0 radical (unpaired) electrons. The van der Waals surface area contributed by atoms with E-state index in [1.54, 1.807) is 13.2 Å². The zero-order chi connectivity index (χ0) is 18.4. The molecule has 1 atom stereocenters. The second-order valence-electron chi connectivity index (χ2n) is 5.05. The minimum Gasteiger partial charge on any atom is -0.485 e. The number of nitrogens with one attached hydrogen (secondary N) is 1. The quantitative estimate of drug-likeness (QED) is 0.701. The molecule has 134 valence electrons. The first-order valence-electron chi connectivity index (χ1n) is 7.26. The van der Waals surface area contributed by atoms with Crippen LogP contribution in [-0.2, 0) is 4.74 Å². The predicted molar refractivity (Wildman–Crippen MR) is 100 cm³/mol. The molecule has 25 heavy (non-hydrogen) atoms. The molecule has 0 fully saturated rings. The zero-order valence-electron chi connectivity index (χ0n) is 13.9. The zero-order valence-corrected chi connectivity index (χ0v) is 16.2. The third-order valence-electron chi connectivity index (χ3n) is 3.10. The monoisotopic (exact) mass is 401 g/mol. The van der Waals surface area contributed by atoms with Gasteiger partial charge in [0, 0.05) is 25.7 Å². The number of nitrogens with zero attached hydrogens (tertiary/aromatic N) is 2. The molecule has 2 aromatic heterocycles. The molecule has 0 aromatic carbocycles. The van der Waals surface area contributed by atoms with Crippen LogP contribution in [0.15, 0.2) is 29.7 Å². The Morgan fingerprint density at radius 1 is 1.32 bits per heavy atom. The fourth-order valence-corrected chi connectivity index (χ4v) is 2.92. The summed E-state index contributed by atoms with van der Waals surface area (Å²) in [7, 11) is 1.60. The van der Waals surface area contributed by atoms with Crippen molar-refractivity contribution in [1.82, 2.24) is 9.97 Å². The van der Waals surface area contributed by atoms with Gasteiger partial charge in [-0.05, 0) is 19.2 Å². The number of rotatable bonds is 7. The molecule has 1 unspecified atom stereocenters. The van der Waals surface area contributed by atoms with Crippen LogP contribution in [-0.4, -0.2) is 42.0 Å². The first kappa shape index (κ1) is 19.8. The molecule has 2 aromatic rings. The van der Waals surface area contributed by atoms with Crippen molar-refractivity contribution in [3.05, 3.63) is 40.3 Å². The van der Waals surface area contributed by atoms with Gasteiger partial charge in [0.2, 0.25) is 0 Å². The number of aromatic nitrogens is 2. The number of hydrogen-bond donors (Lipinski definition) is 1. The minimum absolute atomic E-state index is 0.180. The minimum atomic E-state index is -0.403. The van der Waals surface area contributed by atoms with Gasteiger partial charge in [-0.3, -0.25) is 9.78 Å². The van der Waals surface area contributed by atoms with Gasteiger partial charge >= 0.3 is 0 Å². The molecule has 9 heteroatoms. The van der Waals surface area contributed by atoms with Crippen molar-refractivity contribution in [2.24, 2.45) is 0 Å². The Hall–Kier alpha value is -1.54. The van der Waals surface area contributed by atoms with E-state index in [0.29, 0.717) is 28.6 Å². The van der Waals surface area contributed by atoms with Crippen molar-refractivity contribution in [3.63, 3.8) is 0 Å². The number of hydrogen-bond acceptors (Lipinski definition) is 6. The maximum absolute atomic E-state index is 12.5. The average molecular weight is 402 g/mol. The maximum Gasteiger partial charge on any atom is 0.257 e. The van der Waals surface area contributed by atoms with Crippen LogP contribution in [0.2, 0.25) is 10.0 Å². The van der Waals surface area contributed by atoms with E-state index in [2.05, 4.69) is 15.3 Å². The smallest absolute Gasteiger partial charge is 0.257 e. The van der Waals surface area contributed by atoms with Crippen LogP contribution in [0.25, 0.3) is 0 Å². The molecule has 6 nitrogen and oxygen atoms in total. The lowest BCUT2D eigenvalue weighted by molar-refractivity contribution is 0.0893. The van der Waals surface area contributed by atoms with Gasteiger partial charge in [0.1, 0.15) is 11.1 Å². The highest BCUT2D eigenvalue weighted by Crippen LogP contribution is 2.30. The Labute approximate surface area is 160 Å². The molecule has 1 amide bonds. The first-order chi connectivity index (χ1) is 12.0. The Morgan fingerprint density at radius 2 is 2.00 bits per heavy atom. The summed E-state index contributed by atoms with van der Waals surface area (Å²) in [5.41, 5.74) is 0.619. The highest BCUT2D eigenvalue weighted by molar-refractivity contribution is 7.98. The lowest BCUT2D eigenvalue weighted by Gasteiger charge is -2.16. The largest absolute Gasteiger partial charge is 0.485 e. The van der Waals surface area contributed by atoms with Crippen molar-refractivity contribution >= 4 is 46.6 Å². The molecule has 0 aliphatic carbocycles. The summed E-state index contributed by atoms with van der Waals surface area (Å²) >= 11 is 13.5. The molecule has 0 aliphatic heterocycles. The van der Waals surface area contributed by atoms with Crippen LogP contribution in [0.1, 0.15) is 17.3 Å². The van der Waals surface area contributed by atoms with Crippen LogP contribution in [0.3, 0.4) is 0 Å². The van der Waals surface area contributed by atoms with E-state index >= 15 is 0 Å². The van der Waals surface area contributed by atoms with E-state index in [9.17, 15) is 4.79 Å². The summed E-state index contributed by atoms with van der Waals surface area (Å²) < 4.78 is 10.9. The molecule has 2 rings (SSSR count). The van der Waals surface area contributed by atoms with Crippen molar-refractivity contribution in [3.8, 4) is 5.75 Å². The summed E-state index contributed by atoms with van der Waals surface area (Å²) in [5.74, 6) is 0.107. The van der Waals surface area contributed by atoms with Crippen molar-refractivity contribution in [2.75, 3.05) is 25.3 Å². The number of thioether (sulfide) groups is 1. The standard InChI is InChI=1S/C16H17Cl2N3O3S/c1-9(8-23-2)24-13-4-10(5-20-16(13)25-3)15(22)21-14-11(17)6-19-7-12(14)18/h4-7,9H,8H2,1-3H3,(H,19,21,22). The number of anilines is 1.